The van der Waals surface area contributed by atoms with Crippen LogP contribution in [-0.2, 0) is 9.53 Å². The molecule has 0 saturated carbocycles. The Hall–Kier alpha value is -0.570. The highest BCUT2D eigenvalue weighted by Gasteiger charge is 1.91. The van der Waals surface area contributed by atoms with Gasteiger partial charge in [-0.15, -0.1) is 0 Å². The first-order valence-electron chi connectivity index (χ1n) is 8.63. The molecule has 0 aliphatic rings. The molecule has 0 fully saturated rings. The SMILES string of the molecule is [2H]C([2H])([2H])C([2H])([2H])C(=O)OCC.[2H]C([2H])([2H])C([2H])([2H])C([2H])([2H])O. The van der Waals surface area contributed by atoms with E-state index in [4.69, 9.17) is 21.6 Å². The topological polar surface area (TPSA) is 46.5 Å². The van der Waals surface area contributed by atoms with Gasteiger partial charge in [0.15, 0.2) is 0 Å². The monoisotopic (exact) mass is 174 g/mol. The number of hydrogen-bond acceptors (Lipinski definition) is 3. The molecule has 0 atom stereocenters. The maximum absolute atomic E-state index is 10.8. The zero-order chi connectivity index (χ0) is 19.5. The van der Waals surface area contributed by atoms with E-state index in [-0.39, 0.29) is 6.61 Å². The van der Waals surface area contributed by atoms with Crippen LogP contribution in [0.1, 0.15) is 49.8 Å². The lowest BCUT2D eigenvalue weighted by Gasteiger charge is -1.93. The lowest BCUT2D eigenvalue weighted by atomic mass is 10.5. The number of carbonyl (C=O) groups excluding carboxylic acids is 1. The molecule has 68 valence electrons. The third kappa shape index (κ3) is 17.7. The van der Waals surface area contributed by atoms with Crippen LogP contribution in [0.15, 0.2) is 0 Å². The van der Waals surface area contributed by atoms with Crippen LogP contribution in [0, 0.1) is 0 Å². The van der Waals surface area contributed by atoms with Gasteiger partial charge in [0, 0.05) is 26.6 Å². The molecule has 0 aromatic carbocycles. The second-order valence-corrected chi connectivity index (χ2v) is 1.08. The van der Waals surface area contributed by atoms with Crippen LogP contribution >= 0.6 is 0 Å². The molecule has 0 aromatic heterocycles. The molecule has 0 aliphatic carbocycles. The van der Waals surface area contributed by atoms with Gasteiger partial charge in [-0.05, 0) is 13.3 Å². The van der Waals surface area contributed by atoms with Gasteiger partial charge in [0.25, 0.3) is 0 Å². The summed E-state index contributed by atoms with van der Waals surface area (Å²) >= 11 is 0. The van der Waals surface area contributed by atoms with E-state index in [2.05, 4.69) is 4.74 Å². The standard InChI is InChI=1S/C5H10O2.C3H8O/c1-3-5(6)7-4-2;1-2-3-4/h3-4H2,1-2H3;4H,2-3H2,1H3/i1D3,3D2;1D3,2D2,3D2. The summed E-state index contributed by atoms with van der Waals surface area (Å²) in [5.74, 6) is -1.34. The molecule has 1 N–H and O–H groups in total. The van der Waals surface area contributed by atoms with Gasteiger partial charge >= 0.3 is 5.97 Å². The van der Waals surface area contributed by atoms with Crippen molar-refractivity contribution < 1.29 is 31.1 Å². The van der Waals surface area contributed by atoms with Crippen LogP contribution < -0.4 is 0 Å². The number of esters is 1. The molecule has 0 spiro atoms. The van der Waals surface area contributed by atoms with Crippen molar-refractivity contribution >= 4 is 5.97 Å². The Morgan fingerprint density at radius 1 is 1.73 bits per heavy atom. The Morgan fingerprint density at radius 2 is 2.45 bits per heavy atom. The van der Waals surface area contributed by atoms with E-state index in [1.165, 1.54) is 6.92 Å². The number of ether oxygens (including phenoxy) is 1. The van der Waals surface area contributed by atoms with Gasteiger partial charge in [-0.3, -0.25) is 4.79 Å². The van der Waals surface area contributed by atoms with Crippen molar-refractivity contribution in [3.05, 3.63) is 0 Å². The Balaban J connectivity index is 0. The van der Waals surface area contributed by atoms with Crippen LogP contribution in [0.25, 0.3) is 0 Å². The minimum atomic E-state index is -3.35. The average Bonchev–Trinajstić information content (AvgIpc) is 2.25. The summed E-state index contributed by atoms with van der Waals surface area (Å²) in [6.07, 6.45) is -6.15. The number of hydrogen-bond donors (Lipinski definition) is 1. The normalized spacial score (nSPS) is 30.4. The smallest absolute Gasteiger partial charge is 0.305 e. The second kappa shape index (κ2) is 12.1. The second-order valence-electron chi connectivity index (χ2n) is 1.08. The Bertz CT molecular complexity index is 375. The van der Waals surface area contributed by atoms with Gasteiger partial charge in [-0.1, -0.05) is 13.7 Å². The largest absolute Gasteiger partial charge is 0.466 e. The van der Waals surface area contributed by atoms with E-state index in [0.29, 0.717) is 0 Å². The summed E-state index contributed by atoms with van der Waals surface area (Å²) in [4.78, 5) is 10.8. The Kier molecular flexibility index (Phi) is 2.45. The van der Waals surface area contributed by atoms with Gasteiger partial charge < -0.3 is 9.84 Å². The molecule has 11 heavy (non-hydrogen) atoms. The number of aliphatic hydroxyl groups is 1. The van der Waals surface area contributed by atoms with Crippen LogP contribution in [0.5, 0.6) is 0 Å². The summed E-state index contributed by atoms with van der Waals surface area (Å²) in [7, 11) is 0. The van der Waals surface area contributed by atoms with E-state index >= 15 is 0 Å². The van der Waals surface area contributed by atoms with Gasteiger partial charge in [0.1, 0.15) is 0 Å². The van der Waals surface area contributed by atoms with Gasteiger partial charge in [0.05, 0.1) is 9.35 Å². The number of rotatable bonds is 3. The predicted octanol–water partition coefficient (Wildman–Crippen LogP) is 1.35. The van der Waals surface area contributed by atoms with Crippen molar-refractivity contribution in [3.8, 4) is 0 Å². The highest BCUT2D eigenvalue weighted by Crippen LogP contribution is 1.80. The fourth-order valence-electron chi connectivity index (χ4n) is 0.167. The van der Waals surface area contributed by atoms with Crippen LogP contribution in [0.4, 0.5) is 0 Å². The molecule has 0 radical (unpaired) electrons. The van der Waals surface area contributed by atoms with Crippen molar-refractivity contribution in [3.63, 3.8) is 0 Å². The quantitative estimate of drug-likeness (QED) is 0.657. The third-order valence-corrected chi connectivity index (χ3v) is 0.433. The molecule has 0 amide bonds. The van der Waals surface area contributed by atoms with Gasteiger partial charge in [-0.25, -0.2) is 0 Å². The fraction of sp³-hybridized carbons (Fsp3) is 0.875. The molecule has 0 bridgehead atoms. The molecule has 3 nitrogen and oxygen atoms in total. The van der Waals surface area contributed by atoms with E-state index in [9.17, 15) is 4.79 Å². The zero-order valence-corrected chi connectivity index (χ0v) is 5.97. The Morgan fingerprint density at radius 3 is 2.73 bits per heavy atom. The lowest BCUT2D eigenvalue weighted by molar-refractivity contribution is -0.142. The molecular weight excluding hydrogens is 144 g/mol. The molecule has 0 heterocycles. The molecule has 0 unspecified atom stereocenters. The Labute approximate surface area is 85.2 Å². The first kappa shape index (κ1) is 2.22. The number of carbonyl (C=O) groups is 1. The van der Waals surface area contributed by atoms with Crippen molar-refractivity contribution in [2.75, 3.05) is 13.2 Å². The van der Waals surface area contributed by atoms with Crippen LogP contribution in [-0.4, -0.2) is 24.2 Å². The molecule has 0 aromatic rings. The molecule has 0 aliphatic heterocycles. The molecule has 0 rings (SSSR count). The maximum Gasteiger partial charge on any atom is 0.305 e. The third-order valence-electron chi connectivity index (χ3n) is 0.433. The first-order chi connectivity index (χ1) is 9.73. The summed E-state index contributed by atoms with van der Waals surface area (Å²) in [6.45, 7) is -8.04. The molecular formula is C8H18O3. The van der Waals surface area contributed by atoms with Crippen molar-refractivity contribution in [2.24, 2.45) is 0 Å². The maximum atomic E-state index is 10.8. The summed E-state index contributed by atoms with van der Waals surface area (Å²) in [5.41, 5.74) is 0. The molecule has 0 saturated heterocycles. The highest BCUT2D eigenvalue weighted by molar-refractivity contribution is 5.68. The average molecular weight is 174 g/mol. The van der Waals surface area contributed by atoms with E-state index in [1.54, 1.807) is 0 Å². The lowest BCUT2D eigenvalue weighted by Crippen LogP contribution is -2.00. The minimum absolute atomic E-state index is 0.0333. The summed E-state index contributed by atoms with van der Waals surface area (Å²) < 4.78 is 84.2. The summed E-state index contributed by atoms with van der Waals surface area (Å²) in [6, 6.07) is 0. The molecule has 3 heteroatoms. The van der Waals surface area contributed by atoms with Crippen LogP contribution in [0.2, 0.25) is 0 Å². The van der Waals surface area contributed by atoms with Crippen molar-refractivity contribution in [1.29, 1.82) is 0 Å². The van der Waals surface area contributed by atoms with E-state index in [1.807, 2.05) is 0 Å². The first-order valence-corrected chi connectivity index (χ1v) is 2.63. The van der Waals surface area contributed by atoms with E-state index in [0.717, 1.165) is 0 Å². The van der Waals surface area contributed by atoms with Gasteiger partial charge in [-0.2, -0.15) is 0 Å². The van der Waals surface area contributed by atoms with Crippen LogP contribution in [0.3, 0.4) is 0 Å². The minimum Gasteiger partial charge on any atom is -0.466 e. The predicted molar refractivity (Wildman–Crippen MR) is 44.3 cm³/mol. The van der Waals surface area contributed by atoms with Crippen molar-refractivity contribution in [2.45, 2.75) is 33.4 Å². The highest BCUT2D eigenvalue weighted by atomic mass is 16.5. The van der Waals surface area contributed by atoms with Crippen molar-refractivity contribution in [1.82, 2.24) is 0 Å². The van der Waals surface area contributed by atoms with E-state index < -0.39 is 39.0 Å². The zero-order valence-electron chi connectivity index (χ0n) is 18.0. The fourth-order valence-corrected chi connectivity index (χ4v) is 0.167. The van der Waals surface area contributed by atoms with Gasteiger partial charge in [0.2, 0.25) is 0 Å². The summed E-state index contributed by atoms with van der Waals surface area (Å²) in [5, 5.41) is 8.48.